The third-order valence-electron chi connectivity index (χ3n) is 3.24. The van der Waals surface area contributed by atoms with Crippen molar-refractivity contribution >= 4 is 21.8 Å². The van der Waals surface area contributed by atoms with Gasteiger partial charge in [0.05, 0.1) is 22.9 Å². The predicted octanol–water partition coefficient (Wildman–Crippen LogP) is 3.16. The molecule has 1 N–H and O–H groups in total. The monoisotopic (exact) mass is 335 g/mol. The van der Waals surface area contributed by atoms with Crippen LogP contribution < -0.4 is 5.32 Å². The molecule has 2 rings (SSSR count). The molecule has 0 spiro atoms. The summed E-state index contributed by atoms with van der Waals surface area (Å²) in [4.78, 5) is 12.1. The second kappa shape index (κ2) is 6.70. The van der Waals surface area contributed by atoms with E-state index in [1.807, 2.05) is 35.9 Å². The Kier molecular flexibility index (Phi) is 4.95. The molecule has 0 atom stereocenters. The molecule has 0 saturated heterocycles. The molecule has 0 unspecified atom stereocenters. The van der Waals surface area contributed by atoms with E-state index in [0.29, 0.717) is 12.1 Å². The summed E-state index contributed by atoms with van der Waals surface area (Å²) in [6, 6.07) is 7.70. The Morgan fingerprint density at radius 3 is 2.60 bits per heavy atom. The molecule has 1 heterocycles. The maximum atomic E-state index is 12.1. The van der Waals surface area contributed by atoms with Crippen LogP contribution in [0, 0.1) is 0 Å². The minimum absolute atomic E-state index is 0.0663. The quantitative estimate of drug-likeness (QED) is 0.912. The summed E-state index contributed by atoms with van der Waals surface area (Å²) < 4.78 is 2.78. The average Bonchev–Trinajstić information content (AvgIpc) is 2.85. The third-order valence-corrected chi connectivity index (χ3v) is 3.90. The van der Waals surface area contributed by atoms with Crippen molar-refractivity contribution in [2.75, 3.05) is 0 Å². The Morgan fingerprint density at radius 2 is 2.00 bits per heavy atom. The topological polar surface area (TPSA) is 46.9 Å². The first-order valence-corrected chi connectivity index (χ1v) is 7.52. The van der Waals surface area contributed by atoms with Crippen LogP contribution in [-0.4, -0.2) is 15.7 Å². The highest BCUT2D eigenvalue weighted by Crippen LogP contribution is 2.16. The van der Waals surface area contributed by atoms with Gasteiger partial charge in [0.2, 0.25) is 0 Å². The first-order valence-electron chi connectivity index (χ1n) is 6.73. The fraction of sp³-hybridized carbons (Fsp3) is 0.333. The Balaban J connectivity index is 2.02. The van der Waals surface area contributed by atoms with Crippen molar-refractivity contribution in [3.63, 3.8) is 0 Å². The van der Waals surface area contributed by atoms with Gasteiger partial charge in [-0.25, -0.2) is 0 Å². The summed E-state index contributed by atoms with van der Waals surface area (Å²) in [5.41, 5.74) is 2.89. The second-order valence-electron chi connectivity index (χ2n) is 4.49. The van der Waals surface area contributed by atoms with Gasteiger partial charge in [-0.05, 0) is 47.0 Å². The average molecular weight is 336 g/mol. The zero-order chi connectivity index (χ0) is 14.5. The van der Waals surface area contributed by atoms with Crippen molar-refractivity contribution in [1.82, 2.24) is 15.1 Å². The number of aromatic nitrogens is 2. The molecule has 0 aliphatic carbocycles. The molecule has 0 bridgehead atoms. The highest BCUT2D eigenvalue weighted by atomic mass is 79.9. The zero-order valence-electron chi connectivity index (χ0n) is 11.7. The van der Waals surface area contributed by atoms with Crippen LogP contribution in [0.5, 0.6) is 0 Å². The molecular formula is C15H18BrN3O. The number of rotatable bonds is 5. The summed E-state index contributed by atoms with van der Waals surface area (Å²) in [5, 5.41) is 7.15. The summed E-state index contributed by atoms with van der Waals surface area (Å²) in [7, 11) is 0. The fourth-order valence-corrected chi connectivity index (χ4v) is 2.43. The van der Waals surface area contributed by atoms with Crippen LogP contribution in [0.1, 0.15) is 35.5 Å². The first kappa shape index (κ1) is 14.8. The SMILES string of the molecule is CCc1ccc(C(=O)NCc2c(Br)cnn2CC)cc1. The molecule has 0 saturated carbocycles. The van der Waals surface area contributed by atoms with Crippen LogP contribution in [0.15, 0.2) is 34.9 Å². The molecule has 1 amide bonds. The Labute approximate surface area is 127 Å². The molecule has 1 aromatic carbocycles. The maximum Gasteiger partial charge on any atom is 0.251 e. The van der Waals surface area contributed by atoms with Gasteiger partial charge >= 0.3 is 0 Å². The summed E-state index contributed by atoms with van der Waals surface area (Å²) >= 11 is 3.45. The summed E-state index contributed by atoms with van der Waals surface area (Å²) in [5.74, 6) is -0.0663. The van der Waals surface area contributed by atoms with Gasteiger partial charge in [0.25, 0.3) is 5.91 Å². The van der Waals surface area contributed by atoms with Crippen LogP contribution >= 0.6 is 15.9 Å². The van der Waals surface area contributed by atoms with Crippen LogP contribution in [0.2, 0.25) is 0 Å². The van der Waals surface area contributed by atoms with Crippen molar-refractivity contribution < 1.29 is 4.79 Å². The molecule has 5 heteroatoms. The lowest BCUT2D eigenvalue weighted by atomic mass is 10.1. The van der Waals surface area contributed by atoms with Gasteiger partial charge in [-0.2, -0.15) is 5.10 Å². The molecule has 0 radical (unpaired) electrons. The lowest BCUT2D eigenvalue weighted by molar-refractivity contribution is 0.0950. The lowest BCUT2D eigenvalue weighted by Crippen LogP contribution is -2.24. The molecule has 1 aromatic heterocycles. The third kappa shape index (κ3) is 3.28. The van der Waals surface area contributed by atoms with E-state index in [1.54, 1.807) is 6.20 Å². The highest BCUT2D eigenvalue weighted by molar-refractivity contribution is 9.10. The fourth-order valence-electron chi connectivity index (χ4n) is 1.99. The molecule has 20 heavy (non-hydrogen) atoms. The molecule has 106 valence electrons. The molecule has 2 aromatic rings. The number of halogens is 1. The van der Waals surface area contributed by atoms with E-state index in [-0.39, 0.29) is 5.91 Å². The smallest absolute Gasteiger partial charge is 0.251 e. The van der Waals surface area contributed by atoms with Crippen molar-refractivity contribution in [2.24, 2.45) is 0 Å². The number of hydrogen-bond acceptors (Lipinski definition) is 2. The van der Waals surface area contributed by atoms with Crippen LogP contribution in [0.3, 0.4) is 0 Å². The largest absolute Gasteiger partial charge is 0.346 e. The minimum Gasteiger partial charge on any atom is -0.346 e. The molecule has 0 aliphatic heterocycles. The maximum absolute atomic E-state index is 12.1. The normalized spacial score (nSPS) is 10.6. The van der Waals surface area contributed by atoms with Gasteiger partial charge in [0, 0.05) is 12.1 Å². The first-order chi connectivity index (χ1) is 9.65. The highest BCUT2D eigenvalue weighted by Gasteiger charge is 2.10. The molecule has 0 aliphatic rings. The number of carbonyl (C=O) groups is 1. The Morgan fingerprint density at radius 1 is 1.30 bits per heavy atom. The van der Waals surface area contributed by atoms with E-state index in [1.165, 1.54) is 5.56 Å². The Hall–Kier alpha value is -1.62. The van der Waals surface area contributed by atoms with Crippen molar-refractivity contribution in [2.45, 2.75) is 33.4 Å². The van der Waals surface area contributed by atoms with Gasteiger partial charge in [-0.15, -0.1) is 0 Å². The Bertz CT molecular complexity index is 590. The second-order valence-corrected chi connectivity index (χ2v) is 5.34. The number of benzene rings is 1. The lowest BCUT2D eigenvalue weighted by Gasteiger charge is -2.08. The standard InChI is InChI=1S/C15H18BrN3O/c1-3-11-5-7-12(8-6-11)15(20)17-10-14-13(16)9-18-19(14)4-2/h5-9H,3-4,10H2,1-2H3,(H,17,20). The number of hydrogen-bond donors (Lipinski definition) is 1. The van der Waals surface area contributed by atoms with Gasteiger partial charge in [0.1, 0.15) is 0 Å². The minimum atomic E-state index is -0.0663. The number of aryl methyl sites for hydroxylation is 2. The number of nitrogens with zero attached hydrogens (tertiary/aromatic N) is 2. The van der Waals surface area contributed by atoms with E-state index in [2.05, 4.69) is 33.3 Å². The van der Waals surface area contributed by atoms with Gasteiger partial charge in [0.15, 0.2) is 0 Å². The van der Waals surface area contributed by atoms with Crippen LogP contribution in [0.25, 0.3) is 0 Å². The van der Waals surface area contributed by atoms with E-state index >= 15 is 0 Å². The van der Waals surface area contributed by atoms with E-state index in [9.17, 15) is 4.79 Å². The van der Waals surface area contributed by atoms with Gasteiger partial charge < -0.3 is 5.32 Å². The van der Waals surface area contributed by atoms with Crippen molar-refractivity contribution in [3.8, 4) is 0 Å². The molecule has 4 nitrogen and oxygen atoms in total. The number of nitrogens with one attached hydrogen (secondary N) is 1. The van der Waals surface area contributed by atoms with Gasteiger partial charge in [-0.1, -0.05) is 19.1 Å². The van der Waals surface area contributed by atoms with Crippen LogP contribution in [-0.2, 0) is 19.5 Å². The molecular weight excluding hydrogens is 318 g/mol. The van der Waals surface area contributed by atoms with Crippen molar-refractivity contribution in [3.05, 3.63) is 51.8 Å². The number of carbonyl (C=O) groups excluding carboxylic acids is 1. The number of amides is 1. The van der Waals surface area contributed by atoms with E-state index < -0.39 is 0 Å². The zero-order valence-corrected chi connectivity index (χ0v) is 13.3. The van der Waals surface area contributed by atoms with Crippen LogP contribution in [0.4, 0.5) is 0 Å². The summed E-state index contributed by atoms with van der Waals surface area (Å²) in [6.45, 7) is 5.36. The van der Waals surface area contributed by atoms with E-state index in [0.717, 1.165) is 23.1 Å². The van der Waals surface area contributed by atoms with E-state index in [4.69, 9.17) is 0 Å². The predicted molar refractivity (Wildman–Crippen MR) is 82.6 cm³/mol. The summed E-state index contributed by atoms with van der Waals surface area (Å²) in [6.07, 6.45) is 2.73. The molecule has 0 fully saturated rings. The van der Waals surface area contributed by atoms with Gasteiger partial charge in [-0.3, -0.25) is 9.48 Å². The van der Waals surface area contributed by atoms with Crippen molar-refractivity contribution in [1.29, 1.82) is 0 Å².